The number of hydrogen-bond donors (Lipinski definition) is 0. The fourth-order valence-electron chi connectivity index (χ4n) is 2.76. The molecule has 1 aromatic heterocycles. The molecule has 98 valence electrons. The molecule has 0 atom stereocenters. The zero-order valence-electron chi connectivity index (χ0n) is 10.4. The number of aryl methyl sites for hydroxylation is 2. The Morgan fingerprint density at radius 1 is 1.42 bits per heavy atom. The number of benzene rings is 1. The smallest absolute Gasteiger partial charge is 0.376 e. The van der Waals surface area contributed by atoms with Gasteiger partial charge >= 0.3 is 11.2 Å². The number of rotatable bonds is 2. The minimum Gasteiger partial charge on any atom is -0.490 e. The summed E-state index contributed by atoms with van der Waals surface area (Å²) in [7, 11) is 1.35. The van der Waals surface area contributed by atoms with Crippen molar-refractivity contribution in [1.29, 1.82) is 0 Å². The highest BCUT2D eigenvalue weighted by atomic mass is 16.6. The number of methoxy groups -OCH3 is 1. The summed E-state index contributed by atoms with van der Waals surface area (Å²) >= 11 is 0. The number of nitro groups is 1. The summed E-state index contributed by atoms with van der Waals surface area (Å²) in [4.78, 5) is 22.7. The average molecular weight is 260 g/mol. The van der Waals surface area contributed by atoms with Crippen LogP contribution >= 0.6 is 0 Å². The molecule has 0 aliphatic carbocycles. The van der Waals surface area contributed by atoms with Crippen LogP contribution in [0.2, 0.25) is 0 Å². The Balaban J connectivity index is 2.57. The number of hydrogen-bond acceptors (Lipinski definition) is 4. The van der Waals surface area contributed by atoms with Crippen LogP contribution in [0.4, 0.5) is 5.69 Å². The van der Waals surface area contributed by atoms with Gasteiger partial charge in [0, 0.05) is 11.9 Å². The Labute approximate surface area is 108 Å². The lowest BCUT2D eigenvalue weighted by atomic mass is 10.0. The first-order chi connectivity index (χ1) is 9.15. The maximum absolute atomic E-state index is 12.3. The monoisotopic (exact) mass is 260 g/mol. The van der Waals surface area contributed by atoms with Gasteiger partial charge in [0.1, 0.15) is 0 Å². The predicted molar refractivity (Wildman–Crippen MR) is 69.7 cm³/mol. The molecule has 0 spiro atoms. The molecular formula is C13H12N2O4. The molecule has 0 N–H and O–H groups in total. The van der Waals surface area contributed by atoms with Crippen molar-refractivity contribution in [2.75, 3.05) is 7.11 Å². The Morgan fingerprint density at radius 3 is 2.89 bits per heavy atom. The summed E-state index contributed by atoms with van der Waals surface area (Å²) in [5, 5.41) is 11.8. The van der Waals surface area contributed by atoms with Gasteiger partial charge in [-0.1, -0.05) is 12.1 Å². The molecule has 1 aromatic carbocycles. The quantitative estimate of drug-likeness (QED) is 0.610. The van der Waals surface area contributed by atoms with E-state index in [-0.39, 0.29) is 5.75 Å². The highest BCUT2D eigenvalue weighted by molar-refractivity contribution is 5.91. The summed E-state index contributed by atoms with van der Waals surface area (Å²) in [5.74, 6) is 0.0602. The van der Waals surface area contributed by atoms with Crippen molar-refractivity contribution in [3.8, 4) is 5.75 Å². The topological polar surface area (TPSA) is 74.4 Å². The van der Waals surface area contributed by atoms with Crippen LogP contribution < -0.4 is 10.3 Å². The lowest BCUT2D eigenvalue weighted by molar-refractivity contribution is -0.387. The molecule has 1 aliphatic rings. The number of pyridine rings is 1. The van der Waals surface area contributed by atoms with E-state index in [0.29, 0.717) is 11.9 Å². The third-order valence-corrected chi connectivity index (χ3v) is 3.51. The van der Waals surface area contributed by atoms with Crippen molar-refractivity contribution in [2.24, 2.45) is 0 Å². The minimum atomic E-state index is -0.661. The first-order valence-electron chi connectivity index (χ1n) is 6.02. The van der Waals surface area contributed by atoms with E-state index < -0.39 is 16.2 Å². The standard InChI is InChI=1S/C13H12N2O4/c1-19-12-9-6-2-4-8-5-3-7-14(10(8)9)13(16)11(12)15(17)18/h2,4,6H,3,5,7H2,1H3. The summed E-state index contributed by atoms with van der Waals surface area (Å²) < 4.78 is 6.62. The van der Waals surface area contributed by atoms with Crippen molar-refractivity contribution in [3.63, 3.8) is 0 Å². The molecule has 3 rings (SSSR count). The van der Waals surface area contributed by atoms with Crippen LogP contribution in [0.15, 0.2) is 23.0 Å². The first kappa shape index (κ1) is 11.7. The molecule has 6 heteroatoms. The number of para-hydroxylation sites is 1. The van der Waals surface area contributed by atoms with Crippen molar-refractivity contribution >= 4 is 16.6 Å². The summed E-state index contributed by atoms with van der Waals surface area (Å²) in [6.07, 6.45) is 1.69. The first-order valence-corrected chi connectivity index (χ1v) is 6.02. The van der Waals surface area contributed by atoms with Gasteiger partial charge in [0.05, 0.1) is 17.5 Å². The minimum absolute atomic E-state index is 0.0602. The SMILES string of the molecule is COc1c([N+](=O)[O-])c(=O)n2c3c(cccc13)CCC2. The molecule has 0 bridgehead atoms. The van der Waals surface area contributed by atoms with E-state index >= 15 is 0 Å². The van der Waals surface area contributed by atoms with Gasteiger partial charge in [-0.3, -0.25) is 14.9 Å². The molecule has 0 unspecified atom stereocenters. The van der Waals surface area contributed by atoms with Crippen LogP contribution in [-0.4, -0.2) is 16.6 Å². The van der Waals surface area contributed by atoms with Gasteiger partial charge in [-0.05, 0) is 24.5 Å². The molecule has 2 heterocycles. The van der Waals surface area contributed by atoms with Gasteiger partial charge < -0.3 is 9.30 Å². The largest absolute Gasteiger partial charge is 0.490 e. The van der Waals surface area contributed by atoms with Gasteiger partial charge in [0.2, 0.25) is 5.75 Å². The lowest BCUT2D eigenvalue weighted by Crippen LogP contribution is -2.27. The van der Waals surface area contributed by atoms with E-state index in [1.54, 1.807) is 6.07 Å². The van der Waals surface area contributed by atoms with Crippen molar-refractivity contribution in [2.45, 2.75) is 19.4 Å². The second-order valence-corrected chi connectivity index (χ2v) is 4.51. The molecule has 0 radical (unpaired) electrons. The van der Waals surface area contributed by atoms with Crippen molar-refractivity contribution < 1.29 is 9.66 Å². The maximum Gasteiger partial charge on any atom is 0.376 e. The maximum atomic E-state index is 12.3. The third-order valence-electron chi connectivity index (χ3n) is 3.51. The third kappa shape index (κ3) is 1.53. The van der Waals surface area contributed by atoms with Crippen LogP contribution in [-0.2, 0) is 13.0 Å². The second-order valence-electron chi connectivity index (χ2n) is 4.51. The van der Waals surface area contributed by atoms with Crippen LogP contribution in [0.3, 0.4) is 0 Å². The molecule has 1 aliphatic heterocycles. The Morgan fingerprint density at radius 2 is 2.21 bits per heavy atom. The van der Waals surface area contributed by atoms with E-state index in [2.05, 4.69) is 0 Å². The van der Waals surface area contributed by atoms with E-state index in [4.69, 9.17) is 4.74 Å². The highest BCUT2D eigenvalue weighted by Gasteiger charge is 2.28. The molecule has 19 heavy (non-hydrogen) atoms. The fraction of sp³-hybridized carbons (Fsp3) is 0.308. The number of aromatic nitrogens is 1. The molecule has 2 aromatic rings. The molecule has 0 fully saturated rings. The fourth-order valence-corrected chi connectivity index (χ4v) is 2.76. The molecule has 0 saturated carbocycles. The van der Waals surface area contributed by atoms with Gasteiger partial charge in [0.25, 0.3) is 0 Å². The van der Waals surface area contributed by atoms with Gasteiger partial charge in [0.15, 0.2) is 0 Å². The van der Waals surface area contributed by atoms with E-state index in [1.165, 1.54) is 11.7 Å². The number of nitrogens with zero attached hydrogens (tertiary/aromatic N) is 2. The predicted octanol–water partition coefficient (Wildman–Crippen LogP) is 1.86. The lowest BCUT2D eigenvalue weighted by Gasteiger charge is -2.20. The van der Waals surface area contributed by atoms with E-state index in [1.807, 2.05) is 12.1 Å². The van der Waals surface area contributed by atoms with Gasteiger partial charge in [-0.25, -0.2) is 0 Å². The summed E-state index contributed by atoms with van der Waals surface area (Å²) in [6, 6.07) is 5.54. The van der Waals surface area contributed by atoms with Crippen molar-refractivity contribution in [1.82, 2.24) is 4.57 Å². The number of ether oxygens (including phenoxy) is 1. The summed E-state index contributed by atoms with van der Waals surface area (Å²) in [5.41, 5.74) is 0.741. The van der Waals surface area contributed by atoms with Crippen LogP contribution in [0.5, 0.6) is 5.75 Å². The summed E-state index contributed by atoms with van der Waals surface area (Å²) in [6.45, 7) is 0.511. The van der Waals surface area contributed by atoms with Crippen LogP contribution in [0.1, 0.15) is 12.0 Å². The van der Waals surface area contributed by atoms with Crippen molar-refractivity contribution in [3.05, 3.63) is 44.2 Å². The Kier molecular flexibility index (Phi) is 2.51. The average Bonchev–Trinajstić information content (AvgIpc) is 2.41. The zero-order valence-corrected chi connectivity index (χ0v) is 10.4. The normalized spacial score (nSPS) is 13.5. The molecule has 0 amide bonds. The molecule has 6 nitrogen and oxygen atoms in total. The van der Waals surface area contributed by atoms with Gasteiger partial charge in [-0.15, -0.1) is 0 Å². The Hall–Kier alpha value is -2.37. The van der Waals surface area contributed by atoms with E-state index in [9.17, 15) is 14.9 Å². The Bertz CT molecular complexity index is 748. The molecular weight excluding hydrogens is 248 g/mol. The van der Waals surface area contributed by atoms with E-state index in [0.717, 1.165) is 23.9 Å². The zero-order chi connectivity index (χ0) is 13.6. The molecule has 0 saturated heterocycles. The highest BCUT2D eigenvalue weighted by Crippen LogP contribution is 2.35. The van der Waals surface area contributed by atoms with Crippen LogP contribution in [0.25, 0.3) is 10.9 Å². The van der Waals surface area contributed by atoms with Gasteiger partial charge in [-0.2, -0.15) is 0 Å². The second kappa shape index (κ2) is 4.08. The van der Waals surface area contributed by atoms with Crippen LogP contribution in [0, 0.1) is 10.1 Å².